The van der Waals surface area contributed by atoms with Crippen LogP contribution in [0.2, 0.25) is 10.0 Å². The first-order valence-electron chi connectivity index (χ1n) is 8.14. The van der Waals surface area contributed by atoms with Crippen molar-refractivity contribution in [3.05, 3.63) is 79.9 Å². The van der Waals surface area contributed by atoms with E-state index in [0.717, 1.165) is 26.9 Å². The molecule has 1 heterocycles. The van der Waals surface area contributed by atoms with Gasteiger partial charge < -0.3 is 9.73 Å². The first kappa shape index (κ1) is 19.7. The van der Waals surface area contributed by atoms with Crippen LogP contribution in [0.4, 0.5) is 5.69 Å². The molecule has 0 atom stereocenters. The topological polar surface area (TPSA) is 42.2 Å². The molecule has 0 fully saturated rings. The van der Waals surface area contributed by atoms with Gasteiger partial charge in [-0.05, 0) is 73.5 Å². The Morgan fingerprint density at radius 3 is 2.30 bits per heavy atom. The maximum absolute atomic E-state index is 12.3. The predicted octanol–water partition coefficient (Wildman–Crippen LogP) is 7.28. The minimum Gasteiger partial charge on any atom is -0.457 e. The van der Waals surface area contributed by atoms with Crippen LogP contribution in [0.25, 0.3) is 17.4 Å². The van der Waals surface area contributed by atoms with Crippen molar-refractivity contribution in [2.24, 2.45) is 0 Å². The summed E-state index contributed by atoms with van der Waals surface area (Å²) < 4.78 is 6.73. The van der Waals surface area contributed by atoms with E-state index in [1.165, 1.54) is 6.08 Å². The number of rotatable bonds is 4. The monoisotopic (exact) mass is 463 g/mol. The Morgan fingerprint density at radius 2 is 1.67 bits per heavy atom. The van der Waals surface area contributed by atoms with Crippen molar-refractivity contribution in [3.63, 3.8) is 0 Å². The summed E-state index contributed by atoms with van der Waals surface area (Å²) in [6.45, 7) is 3.90. The average Bonchev–Trinajstić information content (AvgIpc) is 3.04. The Labute approximate surface area is 176 Å². The average molecular weight is 465 g/mol. The van der Waals surface area contributed by atoms with E-state index in [-0.39, 0.29) is 5.91 Å². The van der Waals surface area contributed by atoms with Crippen LogP contribution in [-0.2, 0) is 4.79 Å². The summed E-state index contributed by atoms with van der Waals surface area (Å²) in [4.78, 5) is 12.3. The molecule has 1 amide bonds. The van der Waals surface area contributed by atoms with Crippen LogP contribution in [0.1, 0.15) is 16.9 Å². The zero-order chi connectivity index (χ0) is 19.6. The fourth-order valence-electron chi connectivity index (χ4n) is 2.72. The lowest BCUT2D eigenvalue weighted by atomic mass is 10.1. The zero-order valence-corrected chi connectivity index (χ0v) is 17.7. The molecule has 0 aliphatic heterocycles. The fraction of sp³-hybridized carbons (Fsp3) is 0.0952. The molecular weight excluding hydrogens is 449 g/mol. The third-order valence-corrected chi connectivity index (χ3v) is 4.81. The molecule has 0 radical (unpaired) electrons. The molecule has 27 heavy (non-hydrogen) atoms. The summed E-state index contributed by atoms with van der Waals surface area (Å²) >= 11 is 15.5. The molecule has 0 bridgehead atoms. The molecule has 0 unspecified atom stereocenters. The SMILES string of the molecule is Cc1cc(Br)cc(C)c1NC(=O)/C=C/c1ccc(-c2cc(Cl)cc(Cl)c2)o1. The standard InChI is InChI=1S/C21H16BrCl2NO2/c1-12-7-15(22)8-13(2)21(12)25-20(26)6-4-18-3-5-19(27-18)14-9-16(23)11-17(24)10-14/h3-11H,1-2H3,(H,25,26)/b6-4+. The molecule has 138 valence electrons. The maximum Gasteiger partial charge on any atom is 0.248 e. The number of carbonyl (C=O) groups is 1. The van der Waals surface area contributed by atoms with Gasteiger partial charge in [0.15, 0.2) is 0 Å². The van der Waals surface area contributed by atoms with Crippen LogP contribution >= 0.6 is 39.1 Å². The largest absolute Gasteiger partial charge is 0.457 e. The zero-order valence-electron chi connectivity index (χ0n) is 14.6. The highest BCUT2D eigenvalue weighted by Crippen LogP contribution is 2.29. The van der Waals surface area contributed by atoms with Crippen molar-refractivity contribution in [1.29, 1.82) is 0 Å². The lowest BCUT2D eigenvalue weighted by molar-refractivity contribution is -0.111. The van der Waals surface area contributed by atoms with E-state index in [1.807, 2.05) is 32.0 Å². The molecule has 3 aromatic rings. The molecule has 0 aliphatic rings. The van der Waals surface area contributed by atoms with Gasteiger partial charge in [-0.3, -0.25) is 4.79 Å². The summed E-state index contributed by atoms with van der Waals surface area (Å²) in [6, 6.07) is 12.7. The summed E-state index contributed by atoms with van der Waals surface area (Å²) in [5.74, 6) is 0.951. The summed E-state index contributed by atoms with van der Waals surface area (Å²) in [5.41, 5.74) is 3.56. The fourth-order valence-corrected chi connectivity index (χ4v) is 3.94. The Morgan fingerprint density at radius 1 is 1.04 bits per heavy atom. The van der Waals surface area contributed by atoms with Crippen molar-refractivity contribution in [2.75, 3.05) is 5.32 Å². The summed E-state index contributed by atoms with van der Waals surface area (Å²) in [7, 11) is 0. The van der Waals surface area contributed by atoms with E-state index in [0.29, 0.717) is 21.6 Å². The molecule has 3 rings (SSSR count). The van der Waals surface area contributed by atoms with Crippen LogP contribution < -0.4 is 5.32 Å². The minimum atomic E-state index is -0.229. The predicted molar refractivity (Wildman–Crippen MR) is 115 cm³/mol. The second-order valence-corrected chi connectivity index (χ2v) is 7.89. The minimum absolute atomic E-state index is 0.229. The molecule has 1 N–H and O–H groups in total. The van der Waals surface area contributed by atoms with Gasteiger partial charge in [-0.1, -0.05) is 39.1 Å². The van der Waals surface area contributed by atoms with Gasteiger partial charge in [-0.15, -0.1) is 0 Å². The number of nitrogens with one attached hydrogen (secondary N) is 1. The van der Waals surface area contributed by atoms with E-state index < -0.39 is 0 Å². The first-order valence-corrected chi connectivity index (χ1v) is 9.69. The van der Waals surface area contributed by atoms with Gasteiger partial charge in [-0.25, -0.2) is 0 Å². The van der Waals surface area contributed by atoms with E-state index >= 15 is 0 Å². The molecular formula is C21H16BrCl2NO2. The van der Waals surface area contributed by atoms with Gasteiger partial charge in [0, 0.05) is 31.8 Å². The Hall–Kier alpha value is -2.01. The number of hydrogen-bond acceptors (Lipinski definition) is 2. The number of carbonyl (C=O) groups excluding carboxylic acids is 1. The number of benzene rings is 2. The second-order valence-electron chi connectivity index (χ2n) is 6.10. The summed E-state index contributed by atoms with van der Waals surface area (Å²) in [5, 5.41) is 3.97. The number of anilines is 1. The molecule has 0 aliphatic carbocycles. The highest BCUT2D eigenvalue weighted by atomic mass is 79.9. The van der Waals surface area contributed by atoms with Gasteiger partial charge in [-0.2, -0.15) is 0 Å². The van der Waals surface area contributed by atoms with Crippen molar-refractivity contribution < 1.29 is 9.21 Å². The summed E-state index contributed by atoms with van der Waals surface area (Å²) in [6.07, 6.45) is 3.06. The van der Waals surface area contributed by atoms with Gasteiger partial charge in [0.1, 0.15) is 11.5 Å². The van der Waals surface area contributed by atoms with Crippen LogP contribution in [0.15, 0.2) is 57.4 Å². The van der Waals surface area contributed by atoms with Gasteiger partial charge in [0.25, 0.3) is 0 Å². The third-order valence-electron chi connectivity index (χ3n) is 3.92. The lowest BCUT2D eigenvalue weighted by Crippen LogP contribution is -2.10. The lowest BCUT2D eigenvalue weighted by Gasteiger charge is -2.10. The smallest absolute Gasteiger partial charge is 0.248 e. The number of hydrogen-bond donors (Lipinski definition) is 1. The van der Waals surface area contributed by atoms with E-state index in [1.54, 1.807) is 30.3 Å². The molecule has 1 aromatic heterocycles. The number of amides is 1. The van der Waals surface area contributed by atoms with Crippen LogP contribution in [0, 0.1) is 13.8 Å². The Kier molecular flexibility index (Phi) is 6.10. The van der Waals surface area contributed by atoms with Crippen molar-refractivity contribution >= 4 is 56.8 Å². The quantitative estimate of drug-likeness (QED) is 0.412. The van der Waals surface area contributed by atoms with Crippen LogP contribution in [0.5, 0.6) is 0 Å². The number of aryl methyl sites for hydroxylation is 2. The Bertz CT molecular complexity index is 997. The molecule has 2 aromatic carbocycles. The van der Waals surface area contributed by atoms with Crippen molar-refractivity contribution in [3.8, 4) is 11.3 Å². The van der Waals surface area contributed by atoms with Crippen LogP contribution in [-0.4, -0.2) is 5.91 Å². The molecule has 3 nitrogen and oxygen atoms in total. The Balaban J connectivity index is 1.73. The third kappa shape index (κ3) is 5.04. The number of halogens is 3. The second kappa shape index (κ2) is 8.34. The maximum atomic E-state index is 12.3. The van der Waals surface area contributed by atoms with Gasteiger partial charge in [0.05, 0.1) is 0 Å². The van der Waals surface area contributed by atoms with Crippen LogP contribution in [0.3, 0.4) is 0 Å². The van der Waals surface area contributed by atoms with E-state index in [2.05, 4.69) is 21.2 Å². The molecule has 0 spiro atoms. The molecule has 6 heteroatoms. The first-order chi connectivity index (χ1) is 12.8. The van der Waals surface area contributed by atoms with E-state index in [9.17, 15) is 4.79 Å². The van der Waals surface area contributed by atoms with Crippen molar-refractivity contribution in [1.82, 2.24) is 0 Å². The van der Waals surface area contributed by atoms with E-state index in [4.69, 9.17) is 27.6 Å². The number of furan rings is 1. The van der Waals surface area contributed by atoms with Gasteiger partial charge in [0.2, 0.25) is 5.91 Å². The molecule has 0 saturated heterocycles. The van der Waals surface area contributed by atoms with Gasteiger partial charge >= 0.3 is 0 Å². The molecule has 0 saturated carbocycles. The van der Waals surface area contributed by atoms with Crippen molar-refractivity contribution in [2.45, 2.75) is 13.8 Å². The highest BCUT2D eigenvalue weighted by molar-refractivity contribution is 9.10. The normalized spacial score (nSPS) is 11.1. The highest BCUT2D eigenvalue weighted by Gasteiger charge is 2.08.